The molecule has 0 spiro atoms. The van der Waals surface area contributed by atoms with Crippen LogP contribution in [-0.4, -0.2) is 0 Å². The van der Waals surface area contributed by atoms with Crippen molar-refractivity contribution >= 4 is 75.4 Å². The molecule has 0 saturated carbocycles. The average molecular weight is 721 g/mol. The Labute approximate surface area is 331 Å². The van der Waals surface area contributed by atoms with Crippen molar-refractivity contribution < 1.29 is 0 Å². The lowest BCUT2D eigenvalue weighted by molar-refractivity contribution is 1.53. The molecule has 0 aliphatic rings. The van der Waals surface area contributed by atoms with Crippen molar-refractivity contribution in [1.29, 1.82) is 0 Å². The van der Waals surface area contributed by atoms with Crippen LogP contribution in [0.4, 0.5) is 0 Å². The van der Waals surface area contributed by atoms with Gasteiger partial charge in [-0.05, 0) is 163 Å². The van der Waals surface area contributed by atoms with E-state index in [2.05, 4.69) is 207 Å². The Morgan fingerprint density at radius 2 is 0.614 bits per heavy atom. The minimum Gasteiger partial charge on any atom is -0.0616 e. The first kappa shape index (κ1) is 32.0. The summed E-state index contributed by atoms with van der Waals surface area (Å²) in [6.45, 7) is 2.22. The molecule has 12 aromatic carbocycles. The molecule has 57 heavy (non-hydrogen) atoms. The minimum absolute atomic E-state index is 1.23. The van der Waals surface area contributed by atoms with Crippen molar-refractivity contribution in [1.82, 2.24) is 0 Å². The fourth-order valence-electron chi connectivity index (χ4n) is 9.70. The molecule has 12 rings (SSSR count). The van der Waals surface area contributed by atoms with E-state index in [1.807, 2.05) is 0 Å². The average Bonchev–Trinajstić information content (AvgIpc) is 3.27. The molecule has 0 saturated heterocycles. The van der Waals surface area contributed by atoms with Gasteiger partial charge in [0.15, 0.2) is 0 Å². The Bertz CT molecular complexity index is 3490. The predicted octanol–water partition coefficient (Wildman–Crippen LogP) is 16.2. The second-order valence-electron chi connectivity index (χ2n) is 15.7. The Morgan fingerprint density at radius 3 is 1.09 bits per heavy atom. The molecular formula is C57H36. The summed E-state index contributed by atoms with van der Waals surface area (Å²) in [5, 5.41) is 17.8. The lowest BCUT2D eigenvalue weighted by Gasteiger charge is -2.22. The summed E-state index contributed by atoms with van der Waals surface area (Å²) in [4.78, 5) is 0. The second kappa shape index (κ2) is 12.4. The first-order chi connectivity index (χ1) is 28.2. The van der Waals surface area contributed by atoms with E-state index in [0.717, 1.165) is 0 Å². The fraction of sp³-hybridized carbons (Fsp3) is 0.0175. The molecule has 12 aromatic rings. The number of hydrogen-bond donors (Lipinski definition) is 0. The van der Waals surface area contributed by atoms with Crippen LogP contribution in [0.3, 0.4) is 0 Å². The molecule has 0 amide bonds. The highest BCUT2D eigenvalue weighted by Gasteiger charge is 2.22. The molecule has 0 radical (unpaired) electrons. The van der Waals surface area contributed by atoms with Gasteiger partial charge in [-0.15, -0.1) is 0 Å². The van der Waals surface area contributed by atoms with Crippen LogP contribution in [0.15, 0.2) is 200 Å². The highest BCUT2D eigenvalue weighted by molar-refractivity contribution is 6.32. The summed E-state index contributed by atoms with van der Waals surface area (Å²) >= 11 is 0. The Kier molecular flexibility index (Phi) is 6.94. The van der Waals surface area contributed by atoms with Crippen LogP contribution >= 0.6 is 0 Å². The van der Waals surface area contributed by atoms with Crippen LogP contribution in [0.25, 0.3) is 120 Å². The fourth-order valence-corrected chi connectivity index (χ4v) is 9.70. The third kappa shape index (κ3) is 4.94. The Hall–Kier alpha value is -7.28. The standard InChI is InChI=1S/C57H36/c1-35-10-8-18-46-45(35)17-9-19-47(46)55-34-54(44-25-22-38-13-4-7-16-41(38)32-44)50-27-26-48-52(42-23-20-36-11-2-5-14-39(36)30-42)33-53(49-28-29-51(55)57(50)56(48)49)43-24-21-37-12-3-6-15-40(37)31-43/h2-34H,1H3. The van der Waals surface area contributed by atoms with Gasteiger partial charge in [0.2, 0.25) is 0 Å². The third-order valence-corrected chi connectivity index (χ3v) is 12.5. The predicted molar refractivity (Wildman–Crippen MR) is 247 cm³/mol. The molecule has 0 nitrogen and oxygen atoms in total. The van der Waals surface area contributed by atoms with Crippen LogP contribution in [0, 0.1) is 6.92 Å². The van der Waals surface area contributed by atoms with Crippen LogP contribution in [-0.2, 0) is 0 Å². The lowest BCUT2D eigenvalue weighted by Crippen LogP contribution is -1.95. The normalized spacial score (nSPS) is 11.9. The van der Waals surface area contributed by atoms with Crippen molar-refractivity contribution in [3.63, 3.8) is 0 Å². The van der Waals surface area contributed by atoms with Crippen molar-refractivity contribution in [2.75, 3.05) is 0 Å². The van der Waals surface area contributed by atoms with Gasteiger partial charge in [-0.1, -0.05) is 170 Å². The van der Waals surface area contributed by atoms with Crippen molar-refractivity contribution in [3.05, 3.63) is 206 Å². The molecule has 0 heterocycles. The van der Waals surface area contributed by atoms with E-state index in [1.54, 1.807) is 0 Å². The third-order valence-electron chi connectivity index (χ3n) is 12.5. The highest BCUT2D eigenvalue weighted by atomic mass is 14.2. The van der Waals surface area contributed by atoms with E-state index in [-0.39, 0.29) is 0 Å². The highest BCUT2D eigenvalue weighted by Crippen LogP contribution is 2.49. The van der Waals surface area contributed by atoms with Gasteiger partial charge in [0, 0.05) is 0 Å². The topological polar surface area (TPSA) is 0 Å². The van der Waals surface area contributed by atoms with Crippen LogP contribution in [0.2, 0.25) is 0 Å². The molecule has 0 bridgehead atoms. The summed E-state index contributed by atoms with van der Waals surface area (Å²) in [5.41, 5.74) is 11.3. The van der Waals surface area contributed by atoms with Gasteiger partial charge in [-0.3, -0.25) is 0 Å². The molecule has 0 heteroatoms. The first-order valence-electron chi connectivity index (χ1n) is 19.9. The van der Waals surface area contributed by atoms with Gasteiger partial charge in [-0.25, -0.2) is 0 Å². The molecule has 264 valence electrons. The van der Waals surface area contributed by atoms with E-state index < -0.39 is 0 Å². The number of hydrogen-bond acceptors (Lipinski definition) is 0. The van der Waals surface area contributed by atoms with E-state index in [4.69, 9.17) is 0 Å². The number of benzene rings is 12. The van der Waals surface area contributed by atoms with E-state index >= 15 is 0 Å². The van der Waals surface area contributed by atoms with E-state index in [0.29, 0.717) is 0 Å². The lowest BCUT2D eigenvalue weighted by atomic mass is 9.81. The second-order valence-corrected chi connectivity index (χ2v) is 15.7. The van der Waals surface area contributed by atoms with Crippen molar-refractivity contribution in [2.45, 2.75) is 6.92 Å². The largest absolute Gasteiger partial charge is 0.0616 e. The summed E-state index contributed by atoms with van der Waals surface area (Å²) < 4.78 is 0. The number of aryl methyl sites for hydroxylation is 1. The van der Waals surface area contributed by atoms with Crippen molar-refractivity contribution in [2.24, 2.45) is 0 Å². The van der Waals surface area contributed by atoms with Gasteiger partial charge in [0.25, 0.3) is 0 Å². The summed E-state index contributed by atoms with van der Waals surface area (Å²) in [5.74, 6) is 0. The van der Waals surface area contributed by atoms with Crippen LogP contribution < -0.4 is 0 Å². The van der Waals surface area contributed by atoms with E-state index in [9.17, 15) is 0 Å². The van der Waals surface area contributed by atoms with Gasteiger partial charge in [0.1, 0.15) is 0 Å². The molecule has 0 aliphatic carbocycles. The van der Waals surface area contributed by atoms with Crippen LogP contribution in [0.5, 0.6) is 0 Å². The zero-order valence-electron chi connectivity index (χ0n) is 31.6. The molecule has 0 fully saturated rings. The number of fused-ring (bicyclic) bond motifs is 4. The first-order valence-corrected chi connectivity index (χ1v) is 19.9. The van der Waals surface area contributed by atoms with Gasteiger partial charge in [0.05, 0.1) is 0 Å². The Balaban J connectivity index is 1.25. The summed E-state index contributed by atoms with van der Waals surface area (Å²) in [6, 6.07) is 75.0. The maximum atomic E-state index is 2.47. The summed E-state index contributed by atoms with van der Waals surface area (Å²) in [6.07, 6.45) is 0. The van der Waals surface area contributed by atoms with Crippen LogP contribution in [0.1, 0.15) is 5.56 Å². The zero-order chi connectivity index (χ0) is 37.6. The van der Waals surface area contributed by atoms with Gasteiger partial charge >= 0.3 is 0 Å². The van der Waals surface area contributed by atoms with Crippen molar-refractivity contribution in [3.8, 4) is 44.5 Å². The minimum atomic E-state index is 1.23. The van der Waals surface area contributed by atoms with Gasteiger partial charge < -0.3 is 0 Å². The maximum Gasteiger partial charge on any atom is -0.00139 e. The molecule has 0 aromatic heterocycles. The molecular weight excluding hydrogens is 685 g/mol. The Morgan fingerprint density at radius 1 is 0.228 bits per heavy atom. The van der Waals surface area contributed by atoms with Gasteiger partial charge in [-0.2, -0.15) is 0 Å². The smallest absolute Gasteiger partial charge is 0.00139 e. The molecule has 0 N–H and O–H groups in total. The zero-order valence-corrected chi connectivity index (χ0v) is 31.6. The summed E-state index contributed by atoms with van der Waals surface area (Å²) in [7, 11) is 0. The molecule has 0 aliphatic heterocycles. The SMILES string of the molecule is Cc1cccc2c(-c3cc(-c4ccc5ccccc5c4)c4ccc5c(-c6ccc7ccccc7c6)cc(-c6ccc7ccccc7c6)c6ccc3c4c56)cccc12. The molecule has 0 unspecified atom stereocenters. The monoisotopic (exact) mass is 720 g/mol. The molecule has 0 atom stereocenters. The number of rotatable bonds is 4. The van der Waals surface area contributed by atoms with E-state index in [1.165, 1.54) is 125 Å². The quantitative estimate of drug-likeness (QED) is 0.159. The maximum absolute atomic E-state index is 2.47.